The van der Waals surface area contributed by atoms with E-state index in [4.69, 9.17) is 0 Å². The minimum atomic E-state index is -0.769. The number of rotatable bonds is 12. The fraction of sp³-hybridized carbons (Fsp3) is 0.800. The van der Waals surface area contributed by atoms with E-state index in [1.54, 1.807) is 4.90 Å². The molecule has 0 unspecified atom stereocenters. The van der Waals surface area contributed by atoms with Crippen LogP contribution >= 0.6 is 0 Å². The monoisotopic (exact) mass is 715 g/mol. The molecule has 51 heavy (non-hydrogen) atoms. The van der Waals surface area contributed by atoms with Gasteiger partial charge in [-0.25, -0.2) is 0 Å². The topological polar surface area (TPSA) is 219 Å². The van der Waals surface area contributed by atoms with Crippen LogP contribution in [0.2, 0.25) is 0 Å². The van der Waals surface area contributed by atoms with Crippen molar-refractivity contribution in [2.24, 2.45) is 11.8 Å². The molecule has 5 aliphatic rings. The summed E-state index contributed by atoms with van der Waals surface area (Å²) in [5, 5.41) is 24.3. The first-order chi connectivity index (χ1) is 24.2. The van der Waals surface area contributed by atoms with Crippen molar-refractivity contribution in [1.82, 2.24) is 47.4 Å². The molecule has 8 N–H and O–H groups in total. The Hall–Kier alpha value is -3.79. The molecule has 3 saturated heterocycles. The van der Waals surface area contributed by atoms with Gasteiger partial charge in [-0.2, -0.15) is 0 Å². The van der Waals surface area contributed by atoms with E-state index in [-0.39, 0.29) is 89.9 Å². The quantitative estimate of drug-likeness (QED) is 0.115. The van der Waals surface area contributed by atoms with E-state index in [0.717, 1.165) is 6.42 Å². The van der Waals surface area contributed by atoms with Gasteiger partial charge in [-0.15, -0.1) is 0 Å². The summed E-state index contributed by atoms with van der Waals surface area (Å²) >= 11 is 0. The van der Waals surface area contributed by atoms with Crippen LogP contribution in [-0.2, 0) is 33.6 Å². The molecule has 2 aliphatic carbocycles. The maximum Gasteiger partial charge on any atom is 0.243 e. The number of amides is 7. The molecular formula is C35H57N9O7. The zero-order valence-corrected chi connectivity index (χ0v) is 30.4. The molecule has 16 nitrogen and oxygen atoms in total. The van der Waals surface area contributed by atoms with Crippen LogP contribution in [-0.4, -0.2) is 120 Å². The Bertz CT molecular complexity index is 1360. The minimum absolute atomic E-state index is 0.0162. The first-order valence-electron chi connectivity index (χ1n) is 18.7. The van der Waals surface area contributed by atoms with Crippen molar-refractivity contribution in [3.8, 4) is 0 Å². The van der Waals surface area contributed by atoms with Crippen molar-refractivity contribution in [2.45, 2.75) is 140 Å². The van der Waals surface area contributed by atoms with E-state index >= 15 is 0 Å². The standard InChI is InChI=1S/C35H57N9O7/c1-19(45)39-23-9-8-22(13-23)31(48)42-26-15-28(37-17-26)34(51)44-11-5-6-29(44)33(50)43-35(3,4)18-38-30(47)21-7-10-24(12-21)41-32(49)27-14-25(16-36-27)40-20(2)46/h21-29,36-37H,5-18H2,1-4H3,(H,38,47)(H,39,45)(H,40,46)(H,41,49)(H,42,48)(H,43,50)/t21-,22-,23-,24-,25+,26+,27-,28-,29+/m0/s1. The molecule has 2 saturated carbocycles. The van der Waals surface area contributed by atoms with E-state index in [9.17, 15) is 33.6 Å². The molecule has 9 atom stereocenters. The van der Waals surface area contributed by atoms with Gasteiger partial charge in [0.15, 0.2) is 0 Å². The van der Waals surface area contributed by atoms with Gasteiger partial charge in [0.25, 0.3) is 0 Å². The van der Waals surface area contributed by atoms with Crippen LogP contribution in [0.25, 0.3) is 0 Å². The Balaban J connectivity index is 1.02. The average molecular weight is 716 g/mol. The zero-order valence-electron chi connectivity index (χ0n) is 30.4. The van der Waals surface area contributed by atoms with Crippen molar-refractivity contribution in [2.75, 3.05) is 26.2 Å². The Morgan fingerprint density at radius 1 is 0.627 bits per heavy atom. The van der Waals surface area contributed by atoms with Crippen molar-refractivity contribution >= 4 is 41.4 Å². The van der Waals surface area contributed by atoms with E-state index in [0.29, 0.717) is 77.4 Å². The lowest BCUT2D eigenvalue weighted by Crippen LogP contribution is -2.58. The lowest BCUT2D eigenvalue weighted by Gasteiger charge is -2.32. The molecule has 5 rings (SSSR count). The van der Waals surface area contributed by atoms with Crippen LogP contribution in [0, 0.1) is 11.8 Å². The van der Waals surface area contributed by atoms with Crippen molar-refractivity contribution in [3.05, 3.63) is 0 Å². The van der Waals surface area contributed by atoms with Crippen LogP contribution in [0.1, 0.15) is 91.9 Å². The molecular weight excluding hydrogens is 658 g/mol. The molecule has 7 amide bonds. The van der Waals surface area contributed by atoms with Gasteiger partial charge in [-0.05, 0) is 78.1 Å². The lowest BCUT2D eigenvalue weighted by molar-refractivity contribution is -0.140. The molecule has 0 aromatic rings. The predicted octanol–water partition coefficient (Wildman–Crippen LogP) is -1.71. The third-order valence-electron chi connectivity index (χ3n) is 11.0. The van der Waals surface area contributed by atoms with E-state index in [1.807, 2.05) is 13.8 Å². The van der Waals surface area contributed by atoms with Crippen molar-refractivity contribution in [1.29, 1.82) is 0 Å². The molecule has 3 aliphatic heterocycles. The lowest BCUT2D eigenvalue weighted by atomic mass is 10.0. The number of hydrogen-bond donors (Lipinski definition) is 8. The second-order valence-electron chi connectivity index (χ2n) is 15.9. The van der Waals surface area contributed by atoms with Gasteiger partial charge in [0.05, 0.1) is 17.6 Å². The highest BCUT2D eigenvalue weighted by molar-refractivity contribution is 5.91. The molecule has 16 heteroatoms. The SMILES string of the molecule is CC(=O)N[C@H]1CC[C@H](C(=O)N[C@H]2CN[C@H](C(=O)N3CCC[C@@H]3C(=O)NC(C)(C)CNC(=O)[C@H]3CC[C@H](NC(=O)[C@@H]4C[C@@H](NC(C)=O)CN4)C3)C2)C1. The third-order valence-corrected chi connectivity index (χ3v) is 11.0. The number of nitrogens with one attached hydrogen (secondary N) is 8. The third kappa shape index (κ3) is 10.4. The highest BCUT2D eigenvalue weighted by Gasteiger charge is 2.42. The molecule has 5 fully saturated rings. The normalized spacial score (nSPS) is 31.9. The molecule has 3 heterocycles. The fourth-order valence-electron chi connectivity index (χ4n) is 8.39. The maximum atomic E-state index is 13.6. The summed E-state index contributed by atoms with van der Waals surface area (Å²) in [4.78, 5) is 90.1. The fourth-order valence-corrected chi connectivity index (χ4v) is 8.39. The number of likely N-dealkylation sites (tertiary alicyclic amines) is 1. The van der Waals surface area contributed by atoms with Crippen LogP contribution < -0.4 is 42.5 Å². The number of carbonyl (C=O) groups is 7. The maximum absolute atomic E-state index is 13.6. The summed E-state index contributed by atoms with van der Waals surface area (Å²) in [6.07, 6.45) is 6.19. The summed E-state index contributed by atoms with van der Waals surface area (Å²) in [5.41, 5.74) is -0.769. The number of hydrogen-bond acceptors (Lipinski definition) is 9. The van der Waals surface area contributed by atoms with E-state index in [2.05, 4.69) is 42.5 Å². The van der Waals surface area contributed by atoms with Gasteiger partial charge in [-0.1, -0.05) is 0 Å². The van der Waals surface area contributed by atoms with Gasteiger partial charge in [0, 0.05) is 76.0 Å². The van der Waals surface area contributed by atoms with Gasteiger partial charge in [-0.3, -0.25) is 33.6 Å². The number of carbonyl (C=O) groups excluding carboxylic acids is 7. The molecule has 0 spiro atoms. The molecule has 0 aromatic carbocycles. The van der Waals surface area contributed by atoms with Crippen LogP contribution in [0.4, 0.5) is 0 Å². The molecule has 284 valence electrons. The molecule has 0 aromatic heterocycles. The number of nitrogens with zero attached hydrogens (tertiary/aromatic N) is 1. The summed E-state index contributed by atoms with van der Waals surface area (Å²) in [5.74, 6) is -1.33. The van der Waals surface area contributed by atoms with Crippen LogP contribution in [0.3, 0.4) is 0 Å². The molecule has 0 radical (unpaired) electrons. The summed E-state index contributed by atoms with van der Waals surface area (Å²) < 4.78 is 0. The highest BCUT2D eigenvalue weighted by atomic mass is 16.2. The van der Waals surface area contributed by atoms with E-state index < -0.39 is 17.6 Å². The Kier molecular flexibility index (Phi) is 12.6. The van der Waals surface area contributed by atoms with Crippen molar-refractivity contribution in [3.63, 3.8) is 0 Å². The second kappa shape index (κ2) is 16.7. The van der Waals surface area contributed by atoms with Gasteiger partial charge in [0.2, 0.25) is 41.4 Å². The smallest absolute Gasteiger partial charge is 0.243 e. The van der Waals surface area contributed by atoms with Gasteiger partial charge < -0.3 is 47.4 Å². The first-order valence-corrected chi connectivity index (χ1v) is 18.7. The summed E-state index contributed by atoms with van der Waals surface area (Å²) in [6.45, 7) is 8.29. The largest absolute Gasteiger partial charge is 0.354 e. The Labute approximate surface area is 299 Å². The minimum Gasteiger partial charge on any atom is -0.354 e. The second-order valence-corrected chi connectivity index (χ2v) is 15.9. The summed E-state index contributed by atoms with van der Waals surface area (Å²) in [7, 11) is 0. The highest BCUT2D eigenvalue weighted by Crippen LogP contribution is 2.28. The first kappa shape index (κ1) is 38.4. The predicted molar refractivity (Wildman–Crippen MR) is 187 cm³/mol. The van der Waals surface area contributed by atoms with Gasteiger partial charge in [0.1, 0.15) is 6.04 Å². The summed E-state index contributed by atoms with van der Waals surface area (Å²) in [6, 6.07) is -1.85. The van der Waals surface area contributed by atoms with Gasteiger partial charge >= 0.3 is 0 Å². The van der Waals surface area contributed by atoms with Crippen molar-refractivity contribution < 1.29 is 33.6 Å². The van der Waals surface area contributed by atoms with E-state index in [1.165, 1.54) is 13.8 Å². The van der Waals surface area contributed by atoms with Crippen LogP contribution in [0.5, 0.6) is 0 Å². The van der Waals surface area contributed by atoms with Crippen LogP contribution in [0.15, 0.2) is 0 Å². The Morgan fingerprint density at radius 3 is 1.84 bits per heavy atom. The average Bonchev–Trinajstić information content (AvgIpc) is 3.89. The zero-order chi connectivity index (χ0) is 36.9. The Morgan fingerprint density at radius 2 is 1.18 bits per heavy atom. The molecule has 0 bridgehead atoms.